The molecule has 0 amide bonds. The minimum Gasteiger partial charge on any atom is -0.379 e. The van der Waals surface area contributed by atoms with E-state index in [0.717, 1.165) is 38.4 Å². The number of allylic oxidation sites excluding steroid dienone is 1. The Labute approximate surface area is 127 Å². The van der Waals surface area contributed by atoms with Crippen molar-refractivity contribution in [2.45, 2.75) is 13.3 Å². The Balaban J connectivity index is 0.00000200. The molecule has 1 aromatic rings. The number of benzene rings is 1. The molecule has 0 spiro atoms. The molecule has 0 bridgehead atoms. The van der Waals surface area contributed by atoms with Crippen molar-refractivity contribution in [3.63, 3.8) is 0 Å². The number of aryl methyl sites for hydroxylation is 1. The lowest BCUT2D eigenvalue weighted by atomic mass is 10.1. The number of ketones is 1. The molecule has 1 aliphatic rings. The second-order valence-corrected chi connectivity index (χ2v) is 4.91. The first-order valence-corrected chi connectivity index (χ1v) is 6.82. The molecule has 4 heteroatoms. The Kier molecular flexibility index (Phi) is 7.52. The van der Waals surface area contributed by atoms with Gasteiger partial charge in [-0.1, -0.05) is 35.9 Å². The van der Waals surface area contributed by atoms with Crippen LogP contribution in [-0.4, -0.2) is 43.5 Å². The van der Waals surface area contributed by atoms with Gasteiger partial charge in [0.25, 0.3) is 0 Å². The number of ether oxygens (including phenoxy) is 1. The highest BCUT2D eigenvalue weighted by Gasteiger charge is 2.10. The van der Waals surface area contributed by atoms with Gasteiger partial charge in [0, 0.05) is 26.1 Å². The van der Waals surface area contributed by atoms with Crippen molar-refractivity contribution in [2.24, 2.45) is 0 Å². The van der Waals surface area contributed by atoms with E-state index in [1.54, 1.807) is 6.08 Å². The fourth-order valence-electron chi connectivity index (χ4n) is 2.04. The number of hydrogen-bond acceptors (Lipinski definition) is 3. The van der Waals surface area contributed by atoms with Gasteiger partial charge in [-0.15, -0.1) is 12.4 Å². The zero-order chi connectivity index (χ0) is 13.5. The number of carbonyl (C=O) groups excluding carboxylic acids is 1. The molecule has 1 fully saturated rings. The Bertz CT molecular complexity index is 436. The molecule has 3 nitrogen and oxygen atoms in total. The zero-order valence-electron chi connectivity index (χ0n) is 11.9. The Hall–Kier alpha value is -1.16. The lowest BCUT2D eigenvalue weighted by molar-refractivity contribution is -0.115. The van der Waals surface area contributed by atoms with Gasteiger partial charge in [0.1, 0.15) is 0 Å². The number of carbonyl (C=O) groups is 1. The van der Waals surface area contributed by atoms with Gasteiger partial charge in [-0.3, -0.25) is 9.69 Å². The van der Waals surface area contributed by atoms with Crippen LogP contribution in [0.25, 0.3) is 6.08 Å². The van der Waals surface area contributed by atoms with Gasteiger partial charge in [-0.2, -0.15) is 0 Å². The van der Waals surface area contributed by atoms with Gasteiger partial charge in [0.15, 0.2) is 5.78 Å². The van der Waals surface area contributed by atoms with Crippen molar-refractivity contribution in [3.05, 3.63) is 41.5 Å². The maximum atomic E-state index is 11.8. The first kappa shape index (κ1) is 16.9. The van der Waals surface area contributed by atoms with Gasteiger partial charge in [-0.25, -0.2) is 0 Å². The van der Waals surface area contributed by atoms with Gasteiger partial charge in [0.05, 0.1) is 13.2 Å². The van der Waals surface area contributed by atoms with Crippen LogP contribution in [0.3, 0.4) is 0 Å². The first-order valence-electron chi connectivity index (χ1n) is 6.82. The molecule has 110 valence electrons. The highest BCUT2D eigenvalue weighted by atomic mass is 35.5. The molecular weight excluding hydrogens is 274 g/mol. The largest absolute Gasteiger partial charge is 0.379 e. The lowest BCUT2D eigenvalue weighted by Gasteiger charge is -2.25. The quantitative estimate of drug-likeness (QED) is 0.782. The van der Waals surface area contributed by atoms with Gasteiger partial charge >= 0.3 is 0 Å². The van der Waals surface area contributed by atoms with E-state index in [2.05, 4.69) is 24.0 Å². The summed E-state index contributed by atoms with van der Waals surface area (Å²) in [5.41, 5.74) is 2.31. The summed E-state index contributed by atoms with van der Waals surface area (Å²) in [5.74, 6) is 0.187. The predicted octanol–water partition coefficient (Wildman–Crippen LogP) is 2.72. The molecule has 1 aliphatic heterocycles. The SMILES string of the molecule is Cc1ccc(C=CC(=O)CCN2CCOCC2)cc1.Cl. The maximum Gasteiger partial charge on any atom is 0.156 e. The summed E-state index contributed by atoms with van der Waals surface area (Å²) in [7, 11) is 0. The number of morpholine rings is 1. The van der Waals surface area contributed by atoms with Crippen LogP contribution in [0.1, 0.15) is 17.5 Å². The van der Waals surface area contributed by atoms with Crippen LogP contribution in [0, 0.1) is 6.92 Å². The monoisotopic (exact) mass is 295 g/mol. The minimum absolute atomic E-state index is 0. The molecule has 1 heterocycles. The smallest absolute Gasteiger partial charge is 0.156 e. The highest BCUT2D eigenvalue weighted by Crippen LogP contribution is 2.06. The molecule has 20 heavy (non-hydrogen) atoms. The molecule has 0 unspecified atom stereocenters. The normalized spacial score (nSPS) is 16.1. The summed E-state index contributed by atoms with van der Waals surface area (Å²) in [6.07, 6.45) is 4.16. The number of hydrogen-bond donors (Lipinski definition) is 0. The molecule has 0 aromatic heterocycles. The summed E-state index contributed by atoms with van der Waals surface area (Å²) in [4.78, 5) is 14.1. The lowest BCUT2D eigenvalue weighted by Crippen LogP contribution is -2.37. The van der Waals surface area contributed by atoms with Gasteiger partial charge < -0.3 is 4.74 Å². The van der Waals surface area contributed by atoms with Gasteiger partial charge in [-0.05, 0) is 18.6 Å². The van der Waals surface area contributed by atoms with E-state index in [9.17, 15) is 4.79 Å². The van der Waals surface area contributed by atoms with Crippen molar-refractivity contribution in [2.75, 3.05) is 32.8 Å². The van der Waals surface area contributed by atoms with E-state index in [1.165, 1.54) is 5.56 Å². The second kappa shape index (κ2) is 8.90. The van der Waals surface area contributed by atoms with Crippen molar-refractivity contribution in [3.8, 4) is 0 Å². The van der Waals surface area contributed by atoms with Crippen LogP contribution in [-0.2, 0) is 9.53 Å². The molecule has 0 saturated carbocycles. The van der Waals surface area contributed by atoms with E-state index in [-0.39, 0.29) is 18.2 Å². The highest BCUT2D eigenvalue weighted by molar-refractivity contribution is 5.93. The Morgan fingerprint density at radius 2 is 1.90 bits per heavy atom. The summed E-state index contributed by atoms with van der Waals surface area (Å²) < 4.78 is 5.28. The average molecular weight is 296 g/mol. The first-order chi connectivity index (χ1) is 9.24. The number of nitrogens with zero attached hydrogens (tertiary/aromatic N) is 1. The average Bonchev–Trinajstić information content (AvgIpc) is 2.45. The van der Waals surface area contributed by atoms with Crippen molar-refractivity contribution in [1.82, 2.24) is 4.90 Å². The second-order valence-electron chi connectivity index (χ2n) is 4.91. The van der Waals surface area contributed by atoms with E-state index >= 15 is 0 Å². The summed E-state index contributed by atoms with van der Waals surface area (Å²) >= 11 is 0. The topological polar surface area (TPSA) is 29.5 Å². The summed E-state index contributed by atoms with van der Waals surface area (Å²) in [6.45, 7) is 6.34. The fraction of sp³-hybridized carbons (Fsp3) is 0.438. The molecule has 1 aromatic carbocycles. The molecule has 0 radical (unpaired) electrons. The maximum absolute atomic E-state index is 11.8. The van der Waals surface area contributed by atoms with Crippen LogP contribution >= 0.6 is 12.4 Å². The van der Waals surface area contributed by atoms with E-state index in [1.807, 2.05) is 18.2 Å². The van der Waals surface area contributed by atoms with Crippen LogP contribution in [0.4, 0.5) is 0 Å². The number of rotatable bonds is 5. The van der Waals surface area contributed by atoms with Crippen LogP contribution in [0.5, 0.6) is 0 Å². The van der Waals surface area contributed by atoms with Crippen LogP contribution < -0.4 is 0 Å². The summed E-state index contributed by atoms with van der Waals surface area (Å²) in [6, 6.07) is 8.16. The van der Waals surface area contributed by atoms with Crippen molar-refractivity contribution < 1.29 is 9.53 Å². The molecule has 1 saturated heterocycles. The third kappa shape index (κ3) is 5.87. The predicted molar refractivity (Wildman–Crippen MR) is 84.3 cm³/mol. The van der Waals surface area contributed by atoms with E-state index in [0.29, 0.717) is 6.42 Å². The fourth-order valence-corrected chi connectivity index (χ4v) is 2.04. The van der Waals surface area contributed by atoms with Crippen molar-refractivity contribution >= 4 is 24.3 Å². The molecule has 2 rings (SSSR count). The van der Waals surface area contributed by atoms with E-state index < -0.39 is 0 Å². The Morgan fingerprint density at radius 1 is 1.25 bits per heavy atom. The molecule has 0 atom stereocenters. The minimum atomic E-state index is 0. The Morgan fingerprint density at radius 3 is 2.55 bits per heavy atom. The van der Waals surface area contributed by atoms with E-state index in [4.69, 9.17) is 4.74 Å². The van der Waals surface area contributed by atoms with Gasteiger partial charge in [0.2, 0.25) is 0 Å². The van der Waals surface area contributed by atoms with Crippen LogP contribution in [0.2, 0.25) is 0 Å². The standard InChI is InChI=1S/C16H21NO2.ClH/c1-14-2-4-15(5-3-14)6-7-16(18)8-9-17-10-12-19-13-11-17;/h2-7H,8-13H2,1H3;1H. The van der Waals surface area contributed by atoms with Crippen molar-refractivity contribution in [1.29, 1.82) is 0 Å². The molecular formula is C16H22ClNO2. The third-order valence-electron chi connectivity index (χ3n) is 3.32. The molecule has 0 aliphatic carbocycles. The zero-order valence-corrected chi connectivity index (χ0v) is 12.7. The third-order valence-corrected chi connectivity index (χ3v) is 3.32. The number of halogens is 1. The van der Waals surface area contributed by atoms with Crippen LogP contribution in [0.15, 0.2) is 30.3 Å². The molecule has 0 N–H and O–H groups in total. The summed E-state index contributed by atoms with van der Waals surface area (Å²) in [5, 5.41) is 0.